The molecule has 3 rings (SSSR count). The lowest BCUT2D eigenvalue weighted by Gasteiger charge is -2.01. The topological polar surface area (TPSA) is 66.6 Å². The van der Waals surface area contributed by atoms with E-state index in [9.17, 15) is 14.4 Å². The van der Waals surface area contributed by atoms with Gasteiger partial charge in [-0.2, -0.15) is 5.26 Å². The summed E-state index contributed by atoms with van der Waals surface area (Å²) in [6, 6.07) is 16.4. The van der Waals surface area contributed by atoms with Crippen LogP contribution in [0.15, 0.2) is 72.6 Å². The van der Waals surface area contributed by atoms with Crippen LogP contribution in [-0.2, 0) is 0 Å². The first kappa shape index (κ1) is 16.2. The van der Waals surface area contributed by atoms with Crippen molar-refractivity contribution in [3.05, 3.63) is 89.5 Å². The summed E-state index contributed by atoms with van der Waals surface area (Å²) in [6.45, 7) is 0. The first-order valence-electron chi connectivity index (χ1n) is 7.47. The number of hydrogen-bond acceptors (Lipinski definition) is 4. The van der Waals surface area contributed by atoms with E-state index < -0.39 is 11.6 Å². The second-order valence-corrected chi connectivity index (χ2v) is 5.21. The fourth-order valence-corrected chi connectivity index (χ4v) is 2.22. The standard InChI is InChI=1S/C20H12FN3O/c21-18-8-6-15(7-9-18)19(25)17(11-22)10-14-12-23-20(24-13-14)16-4-2-1-3-5-16/h1-10,12-13H. The van der Waals surface area contributed by atoms with Gasteiger partial charge in [-0.15, -0.1) is 0 Å². The minimum absolute atomic E-state index is 0.0670. The van der Waals surface area contributed by atoms with Crippen molar-refractivity contribution in [2.75, 3.05) is 0 Å². The lowest BCUT2D eigenvalue weighted by molar-refractivity contribution is 0.104. The largest absolute Gasteiger partial charge is 0.288 e. The van der Waals surface area contributed by atoms with Crippen LogP contribution in [0.1, 0.15) is 15.9 Å². The molecule has 4 nitrogen and oxygen atoms in total. The van der Waals surface area contributed by atoms with Crippen LogP contribution in [0.2, 0.25) is 0 Å². The van der Waals surface area contributed by atoms with Crippen molar-refractivity contribution in [2.45, 2.75) is 0 Å². The Morgan fingerprint density at radius 3 is 2.24 bits per heavy atom. The molecule has 0 bridgehead atoms. The molecule has 0 fully saturated rings. The molecule has 0 radical (unpaired) electrons. The van der Waals surface area contributed by atoms with Gasteiger partial charge in [0.2, 0.25) is 5.78 Å². The third-order valence-corrected chi connectivity index (χ3v) is 3.49. The van der Waals surface area contributed by atoms with Gasteiger partial charge in [0.25, 0.3) is 0 Å². The van der Waals surface area contributed by atoms with Crippen molar-refractivity contribution >= 4 is 11.9 Å². The van der Waals surface area contributed by atoms with Crippen LogP contribution in [0.25, 0.3) is 17.5 Å². The fourth-order valence-electron chi connectivity index (χ4n) is 2.22. The number of nitriles is 1. The highest BCUT2D eigenvalue weighted by molar-refractivity contribution is 6.13. The molecule has 5 heteroatoms. The van der Waals surface area contributed by atoms with E-state index in [1.54, 1.807) is 12.4 Å². The van der Waals surface area contributed by atoms with E-state index in [0.717, 1.165) is 5.56 Å². The molecule has 25 heavy (non-hydrogen) atoms. The summed E-state index contributed by atoms with van der Waals surface area (Å²) in [4.78, 5) is 20.8. The molecule has 0 aliphatic heterocycles. The van der Waals surface area contributed by atoms with Gasteiger partial charge in [-0.1, -0.05) is 30.3 Å². The van der Waals surface area contributed by atoms with Crippen LogP contribution >= 0.6 is 0 Å². The number of halogens is 1. The monoisotopic (exact) mass is 329 g/mol. The maximum atomic E-state index is 13.0. The average molecular weight is 329 g/mol. The number of benzene rings is 2. The minimum Gasteiger partial charge on any atom is -0.288 e. The fraction of sp³-hybridized carbons (Fsp3) is 0. The van der Waals surface area contributed by atoms with E-state index in [-0.39, 0.29) is 11.1 Å². The Balaban J connectivity index is 1.86. The van der Waals surface area contributed by atoms with Crippen molar-refractivity contribution in [1.82, 2.24) is 9.97 Å². The summed E-state index contributed by atoms with van der Waals surface area (Å²) in [5, 5.41) is 9.25. The summed E-state index contributed by atoms with van der Waals surface area (Å²) in [5.74, 6) is -0.361. The zero-order valence-corrected chi connectivity index (χ0v) is 13.1. The number of rotatable bonds is 4. The van der Waals surface area contributed by atoms with Crippen molar-refractivity contribution in [3.8, 4) is 17.5 Å². The number of hydrogen-bond donors (Lipinski definition) is 0. The number of aromatic nitrogens is 2. The van der Waals surface area contributed by atoms with Gasteiger partial charge in [0, 0.05) is 29.1 Å². The molecule has 2 aromatic carbocycles. The Hall–Kier alpha value is -3.65. The second kappa shape index (κ2) is 7.28. The molecule has 1 heterocycles. The summed E-state index contributed by atoms with van der Waals surface area (Å²) in [5.41, 5.74) is 1.59. The molecule has 0 saturated carbocycles. The third-order valence-electron chi connectivity index (χ3n) is 3.49. The Morgan fingerprint density at radius 1 is 1.00 bits per heavy atom. The Morgan fingerprint density at radius 2 is 1.64 bits per heavy atom. The van der Waals surface area contributed by atoms with E-state index in [1.807, 2.05) is 36.4 Å². The van der Waals surface area contributed by atoms with E-state index in [1.165, 1.54) is 30.3 Å². The van der Waals surface area contributed by atoms with Crippen molar-refractivity contribution in [3.63, 3.8) is 0 Å². The smallest absolute Gasteiger partial charge is 0.203 e. The van der Waals surface area contributed by atoms with Gasteiger partial charge in [0.05, 0.1) is 0 Å². The zero-order chi connectivity index (χ0) is 17.6. The molecular formula is C20H12FN3O. The number of carbonyl (C=O) groups is 1. The van der Waals surface area contributed by atoms with Crippen molar-refractivity contribution in [1.29, 1.82) is 5.26 Å². The summed E-state index contributed by atoms with van der Waals surface area (Å²) < 4.78 is 13.0. The predicted octanol–water partition coefficient (Wildman–Crippen LogP) is 4.07. The molecule has 0 atom stereocenters. The molecule has 120 valence electrons. The highest BCUT2D eigenvalue weighted by Gasteiger charge is 2.12. The molecule has 3 aromatic rings. The second-order valence-electron chi connectivity index (χ2n) is 5.21. The molecule has 0 unspecified atom stereocenters. The van der Waals surface area contributed by atoms with Gasteiger partial charge >= 0.3 is 0 Å². The molecule has 0 N–H and O–H groups in total. The molecule has 0 saturated heterocycles. The first-order chi connectivity index (χ1) is 12.2. The van der Waals surface area contributed by atoms with Gasteiger partial charge in [-0.25, -0.2) is 14.4 Å². The van der Waals surface area contributed by atoms with E-state index in [2.05, 4.69) is 9.97 Å². The molecule has 1 aromatic heterocycles. The molecular weight excluding hydrogens is 317 g/mol. The van der Waals surface area contributed by atoms with E-state index in [4.69, 9.17) is 0 Å². The van der Waals surface area contributed by atoms with Gasteiger partial charge < -0.3 is 0 Å². The summed E-state index contributed by atoms with van der Waals surface area (Å²) in [6.07, 6.45) is 4.51. The maximum absolute atomic E-state index is 13.0. The molecule has 0 spiro atoms. The average Bonchev–Trinajstić information content (AvgIpc) is 2.67. The van der Waals surface area contributed by atoms with Gasteiger partial charge in [0.15, 0.2) is 5.82 Å². The number of Topliss-reactive ketones (excluding diaryl/α,β-unsaturated/α-hetero) is 1. The Bertz CT molecular complexity index is 957. The summed E-state index contributed by atoms with van der Waals surface area (Å²) in [7, 11) is 0. The van der Waals surface area contributed by atoms with E-state index in [0.29, 0.717) is 11.4 Å². The van der Waals surface area contributed by atoms with E-state index >= 15 is 0 Å². The van der Waals surface area contributed by atoms with Crippen LogP contribution < -0.4 is 0 Å². The van der Waals surface area contributed by atoms with Crippen LogP contribution in [0.4, 0.5) is 4.39 Å². The van der Waals surface area contributed by atoms with Crippen molar-refractivity contribution in [2.24, 2.45) is 0 Å². The molecule has 0 aliphatic rings. The van der Waals surface area contributed by atoms with Crippen LogP contribution in [0.3, 0.4) is 0 Å². The SMILES string of the molecule is N#CC(=Cc1cnc(-c2ccccc2)nc1)C(=O)c1ccc(F)cc1. The zero-order valence-electron chi connectivity index (χ0n) is 13.1. The Labute approximate surface area is 143 Å². The normalized spacial score (nSPS) is 11.0. The van der Waals surface area contributed by atoms with Gasteiger partial charge in [0.1, 0.15) is 17.5 Å². The first-order valence-corrected chi connectivity index (χ1v) is 7.47. The van der Waals surface area contributed by atoms with Crippen LogP contribution in [0, 0.1) is 17.1 Å². The number of nitrogens with zero attached hydrogens (tertiary/aromatic N) is 3. The lowest BCUT2D eigenvalue weighted by atomic mass is 10.0. The molecule has 0 amide bonds. The highest BCUT2D eigenvalue weighted by Crippen LogP contribution is 2.16. The number of carbonyl (C=O) groups excluding carboxylic acids is 1. The Kier molecular flexibility index (Phi) is 4.72. The number of allylic oxidation sites excluding steroid dienone is 1. The minimum atomic E-state index is -0.477. The third kappa shape index (κ3) is 3.82. The molecule has 0 aliphatic carbocycles. The lowest BCUT2D eigenvalue weighted by Crippen LogP contribution is -2.02. The summed E-state index contributed by atoms with van der Waals surface area (Å²) >= 11 is 0. The number of ketones is 1. The van der Waals surface area contributed by atoms with Crippen LogP contribution in [0.5, 0.6) is 0 Å². The van der Waals surface area contributed by atoms with Crippen LogP contribution in [-0.4, -0.2) is 15.8 Å². The quantitative estimate of drug-likeness (QED) is 0.411. The van der Waals surface area contributed by atoms with Gasteiger partial charge in [-0.3, -0.25) is 4.79 Å². The maximum Gasteiger partial charge on any atom is 0.203 e. The predicted molar refractivity (Wildman–Crippen MR) is 91.8 cm³/mol. The van der Waals surface area contributed by atoms with Crippen molar-refractivity contribution < 1.29 is 9.18 Å². The highest BCUT2D eigenvalue weighted by atomic mass is 19.1. The van der Waals surface area contributed by atoms with Gasteiger partial charge in [-0.05, 0) is 30.3 Å².